The van der Waals surface area contributed by atoms with Crippen LogP contribution in [-0.4, -0.2) is 10.3 Å². The first-order valence-corrected chi connectivity index (χ1v) is 2.29. The molecule has 0 radical (unpaired) electrons. The van der Waals surface area contributed by atoms with Crippen molar-refractivity contribution in [2.45, 2.75) is 11.3 Å². The molecular weight excluding hydrogens is 162 g/mol. The van der Waals surface area contributed by atoms with Crippen LogP contribution in [0.15, 0.2) is 0 Å². The molecule has 0 bridgehead atoms. The summed E-state index contributed by atoms with van der Waals surface area (Å²) < 4.78 is -1.75. The Labute approximate surface area is 79.4 Å². The Kier molecular flexibility index (Phi) is 5.84. The Morgan fingerprint density at radius 2 is 1.75 bits per heavy atom. The molecule has 0 heterocycles. The van der Waals surface area contributed by atoms with Crippen molar-refractivity contribution >= 4 is 29.2 Å². The van der Waals surface area contributed by atoms with E-state index in [0.29, 0.717) is 0 Å². The maximum absolute atomic E-state index is 9.65. The number of carboxylic acid groups (broad SMARTS) is 1. The SMILES string of the molecule is CC(Cl)(Cl)C(=O)[O-].[Na+]. The Bertz CT molecular complexity index is 87.8. The fraction of sp³-hybridized carbons (Fsp3) is 0.667. The summed E-state index contributed by atoms with van der Waals surface area (Å²) in [5.74, 6) is -1.48. The summed E-state index contributed by atoms with van der Waals surface area (Å²) in [6, 6.07) is 0. The number of halogens is 2. The van der Waals surface area contributed by atoms with E-state index in [1.807, 2.05) is 0 Å². The standard InChI is InChI=1S/C3H4Cl2O2.Na/c1-3(4,5)2(6)7;/h1H3,(H,6,7);/q;+1/p-1. The van der Waals surface area contributed by atoms with E-state index in [1.54, 1.807) is 0 Å². The number of carboxylic acids is 1. The van der Waals surface area contributed by atoms with E-state index in [2.05, 4.69) is 0 Å². The first kappa shape index (κ1) is 11.8. The van der Waals surface area contributed by atoms with Gasteiger partial charge in [-0.15, -0.1) is 0 Å². The van der Waals surface area contributed by atoms with Crippen molar-refractivity contribution in [2.75, 3.05) is 0 Å². The van der Waals surface area contributed by atoms with Crippen molar-refractivity contribution in [1.29, 1.82) is 0 Å². The van der Waals surface area contributed by atoms with E-state index in [4.69, 9.17) is 23.2 Å². The minimum atomic E-state index is -1.75. The number of hydrogen-bond donors (Lipinski definition) is 0. The Morgan fingerprint density at radius 3 is 1.75 bits per heavy atom. The maximum atomic E-state index is 9.65. The first-order valence-electron chi connectivity index (χ1n) is 1.54. The fourth-order valence-electron chi connectivity index (χ4n) is 0. The van der Waals surface area contributed by atoms with E-state index in [-0.39, 0.29) is 29.6 Å². The molecule has 0 N–H and O–H groups in total. The van der Waals surface area contributed by atoms with Crippen molar-refractivity contribution in [1.82, 2.24) is 0 Å². The van der Waals surface area contributed by atoms with Crippen LogP contribution < -0.4 is 34.7 Å². The van der Waals surface area contributed by atoms with Gasteiger partial charge in [-0.2, -0.15) is 0 Å². The van der Waals surface area contributed by atoms with E-state index >= 15 is 0 Å². The van der Waals surface area contributed by atoms with Crippen LogP contribution in [0, 0.1) is 0 Å². The molecular formula is C3H3Cl2NaO2. The van der Waals surface area contributed by atoms with Crippen molar-refractivity contribution in [3.8, 4) is 0 Å². The summed E-state index contributed by atoms with van der Waals surface area (Å²) in [7, 11) is 0. The molecule has 0 spiro atoms. The molecule has 42 valence electrons. The molecule has 0 atom stereocenters. The summed E-state index contributed by atoms with van der Waals surface area (Å²) >= 11 is 9.94. The molecule has 8 heavy (non-hydrogen) atoms. The zero-order valence-electron chi connectivity index (χ0n) is 4.57. The summed E-state index contributed by atoms with van der Waals surface area (Å²) in [5.41, 5.74) is 0. The van der Waals surface area contributed by atoms with Gasteiger partial charge in [0.25, 0.3) is 0 Å². The van der Waals surface area contributed by atoms with Gasteiger partial charge in [-0.3, -0.25) is 0 Å². The number of carbonyl (C=O) groups is 1. The van der Waals surface area contributed by atoms with E-state index < -0.39 is 10.3 Å². The van der Waals surface area contributed by atoms with E-state index in [0.717, 1.165) is 6.92 Å². The summed E-state index contributed by atoms with van der Waals surface area (Å²) in [6.07, 6.45) is 0. The summed E-state index contributed by atoms with van der Waals surface area (Å²) in [6.45, 7) is 1.13. The predicted molar refractivity (Wildman–Crippen MR) is 25.1 cm³/mol. The second-order valence-electron chi connectivity index (χ2n) is 1.18. The molecule has 2 nitrogen and oxygen atoms in total. The zero-order valence-corrected chi connectivity index (χ0v) is 8.08. The molecule has 0 aromatic rings. The summed E-state index contributed by atoms with van der Waals surface area (Å²) in [5, 5.41) is 9.65. The molecule has 0 aliphatic carbocycles. The van der Waals surface area contributed by atoms with E-state index in [9.17, 15) is 9.90 Å². The van der Waals surface area contributed by atoms with Crippen molar-refractivity contribution < 1.29 is 39.5 Å². The van der Waals surface area contributed by atoms with Gasteiger partial charge >= 0.3 is 29.6 Å². The number of alkyl halides is 2. The molecule has 0 fully saturated rings. The van der Waals surface area contributed by atoms with Crippen molar-refractivity contribution in [2.24, 2.45) is 0 Å². The molecule has 0 rings (SSSR count). The second kappa shape index (κ2) is 3.96. The third-order valence-corrected chi connectivity index (χ3v) is 0.667. The van der Waals surface area contributed by atoms with Gasteiger partial charge < -0.3 is 9.90 Å². The minimum Gasteiger partial charge on any atom is -0.547 e. The van der Waals surface area contributed by atoms with Crippen LogP contribution >= 0.6 is 23.2 Å². The molecule has 0 unspecified atom stereocenters. The van der Waals surface area contributed by atoms with Crippen molar-refractivity contribution in [3.05, 3.63) is 0 Å². The van der Waals surface area contributed by atoms with Crippen LogP contribution in [0.4, 0.5) is 0 Å². The molecule has 5 heteroatoms. The third-order valence-electron chi connectivity index (χ3n) is 0.358. The average molecular weight is 165 g/mol. The first-order chi connectivity index (χ1) is 2.94. The monoisotopic (exact) mass is 164 g/mol. The van der Waals surface area contributed by atoms with Gasteiger partial charge in [0, 0.05) is 0 Å². The largest absolute Gasteiger partial charge is 1.00 e. The van der Waals surface area contributed by atoms with Gasteiger partial charge in [0.15, 0.2) is 4.33 Å². The molecule has 0 amide bonds. The molecule has 0 aromatic carbocycles. The molecule has 0 saturated heterocycles. The van der Waals surface area contributed by atoms with Gasteiger partial charge in [0.05, 0.1) is 5.97 Å². The predicted octanol–water partition coefficient (Wildman–Crippen LogP) is -3.07. The van der Waals surface area contributed by atoms with Crippen LogP contribution in [0.25, 0.3) is 0 Å². The zero-order chi connectivity index (χ0) is 6.08. The minimum absolute atomic E-state index is 0. The summed E-state index contributed by atoms with van der Waals surface area (Å²) in [4.78, 5) is 9.65. The third kappa shape index (κ3) is 5.19. The molecule has 0 saturated carbocycles. The van der Waals surface area contributed by atoms with Gasteiger partial charge in [0.1, 0.15) is 0 Å². The second-order valence-corrected chi connectivity index (χ2v) is 2.88. The number of aliphatic carboxylic acids is 1. The van der Waals surface area contributed by atoms with Crippen LogP contribution in [-0.2, 0) is 4.79 Å². The Hall–Kier alpha value is 1.05. The van der Waals surface area contributed by atoms with Gasteiger partial charge in [-0.1, -0.05) is 23.2 Å². The normalized spacial score (nSPS) is 9.88. The van der Waals surface area contributed by atoms with E-state index in [1.165, 1.54) is 0 Å². The topological polar surface area (TPSA) is 40.1 Å². The van der Waals surface area contributed by atoms with Crippen LogP contribution in [0.5, 0.6) is 0 Å². The van der Waals surface area contributed by atoms with Gasteiger partial charge in [-0.25, -0.2) is 0 Å². The molecule has 0 aliphatic rings. The quantitative estimate of drug-likeness (QED) is 0.305. The Balaban J connectivity index is 0. The van der Waals surface area contributed by atoms with Crippen LogP contribution in [0.1, 0.15) is 6.92 Å². The average Bonchev–Trinajstić information content (AvgIpc) is 1.31. The number of rotatable bonds is 1. The van der Waals surface area contributed by atoms with Crippen LogP contribution in [0.2, 0.25) is 0 Å². The van der Waals surface area contributed by atoms with Crippen LogP contribution in [0.3, 0.4) is 0 Å². The maximum Gasteiger partial charge on any atom is 1.00 e. The van der Waals surface area contributed by atoms with Gasteiger partial charge in [-0.05, 0) is 6.92 Å². The number of carbonyl (C=O) groups excluding carboxylic acids is 1. The molecule has 0 aliphatic heterocycles. The number of hydrogen-bond acceptors (Lipinski definition) is 2. The van der Waals surface area contributed by atoms with Gasteiger partial charge in [0.2, 0.25) is 0 Å². The Morgan fingerprint density at radius 1 is 1.62 bits per heavy atom. The smallest absolute Gasteiger partial charge is 0.547 e. The fourth-order valence-corrected chi connectivity index (χ4v) is 0. The molecule has 0 aromatic heterocycles. The van der Waals surface area contributed by atoms with Crippen molar-refractivity contribution in [3.63, 3.8) is 0 Å².